The fourth-order valence-corrected chi connectivity index (χ4v) is 2.04. The summed E-state index contributed by atoms with van der Waals surface area (Å²) in [6, 6.07) is 4.26. The van der Waals surface area contributed by atoms with E-state index in [1.54, 1.807) is 13.0 Å². The molecule has 0 atom stereocenters. The Balaban J connectivity index is 2.27. The van der Waals surface area contributed by atoms with E-state index in [4.69, 9.17) is 19.1 Å². The number of hydrogen-bond acceptors (Lipinski definition) is 6. The lowest BCUT2D eigenvalue weighted by molar-refractivity contribution is -0.115. The minimum Gasteiger partial charge on any atom is -0.493 e. The molecule has 1 aromatic heterocycles. The Labute approximate surface area is 132 Å². The molecule has 1 aromatic carbocycles. The molecule has 0 aliphatic heterocycles. The number of ether oxygens (including phenoxy) is 2. The van der Waals surface area contributed by atoms with Gasteiger partial charge in [0.1, 0.15) is 5.76 Å². The Kier molecular flexibility index (Phi) is 4.85. The number of rotatable bonds is 6. The normalized spacial score (nSPS) is 10.2. The molecular formula is C15H16N2O6. The number of carboxylic acid groups (broad SMARTS) is 1. The number of hydrogen-bond donors (Lipinski definition) is 2. The van der Waals surface area contributed by atoms with E-state index in [9.17, 15) is 9.59 Å². The third kappa shape index (κ3) is 3.79. The largest absolute Gasteiger partial charge is 0.493 e. The molecule has 2 rings (SSSR count). The number of nitrogens with zero attached hydrogens (tertiary/aromatic N) is 1. The molecule has 1 amide bonds. The third-order valence-corrected chi connectivity index (χ3v) is 3.02. The van der Waals surface area contributed by atoms with Gasteiger partial charge in [-0.2, -0.15) is 0 Å². The number of anilines is 1. The highest BCUT2D eigenvalue weighted by Gasteiger charge is 2.18. The van der Waals surface area contributed by atoms with E-state index in [-0.39, 0.29) is 35.1 Å². The highest BCUT2D eigenvalue weighted by molar-refractivity contribution is 5.97. The summed E-state index contributed by atoms with van der Waals surface area (Å²) >= 11 is 0. The number of aromatic nitrogens is 1. The van der Waals surface area contributed by atoms with Crippen molar-refractivity contribution in [2.75, 3.05) is 19.5 Å². The van der Waals surface area contributed by atoms with Crippen molar-refractivity contribution < 1.29 is 28.7 Å². The monoisotopic (exact) mass is 320 g/mol. The average molecular weight is 320 g/mol. The predicted molar refractivity (Wildman–Crippen MR) is 80.1 cm³/mol. The number of carbonyl (C=O) groups is 2. The number of carboxylic acids is 1. The van der Waals surface area contributed by atoms with E-state index in [0.29, 0.717) is 11.5 Å². The second-order valence-electron chi connectivity index (χ2n) is 4.72. The molecule has 122 valence electrons. The quantitative estimate of drug-likeness (QED) is 0.836. The van der Waals surface area contributed by atoms with Crippen LogP contribution in [0.25, 0.3) is 0 Å². The molecule has 0 spiro atoms. The SMILES string of the molecule is COc1cc(C(=O)O)cc(NC(=O)Cc2cc(C)on2)c1OC. The summed E-state index contributed by atoms with van der Waals surface area (Å²) in [5.41, 5.74) is 0.644. The molecule has 0 bridgehead atoms. The van der Waals surface area contributed by atoms with Crippen molar-refractivity contribution in [2.45, 2.75) is 13.3 Å². The maximum absolute atomic E-state index is 12.1. The van der Waals surface area contributed by atoms with Gasteiger partial charge >= 0.3 is 5.97 Å². The summed E-state index contributed by atoms with van der Waals surface area (Å²) in [6.07, 6.45) is -0.0138. The minimum atomic E-state index is -1.14. The van der Waals surface area contributed by atoms with E-state index in [0.717, 1.165) is 0 Å². The second kappa shape index (κ2) is 6.82. The molecule has 0 unspecified atom stereocenters. The van der Waals surface area contributed by atoms with Crippen LogP contribution in [0.3, 0.4) is 0 Å². The molecule has 0 aliphatic carbocycles. The molecule has 1 heterocycles. The summed E-state index contributed by atoms with van der Waals surface area (Å²) in [7, 11) is 2.78. The highest BCUT2D eigenvalue weighted by Crippen LogP contribution is 2.36. The third-order valence-electron chi connectivity index (χ3n) is 3.02. The first kappa shape index (κ1) is 16.3. The van der Waals surface area contributed by atoms with E-state index < -0.39 is 5.97 Å². The Hall–Kier alpha value is -3.03. The summed E-state index contributed by atoms with van der Waals surface area (Å²) in [5.74, 6) is -0.489. The first-order valence-electron chi connectivity index (χ1n) is 6.66. The van der Waals surface area contributed by atoms with Crippen LogP contribution in [0.4, 0.5) is 5.69 Å². The van der Waals surface area contributed by atoms with Gasteiger partial charge in [-0.25, -0.2) is 4.79 Å². The summed E-state index contributed by atoms with van der Waals surface area (Å²) in [4.78, 5) is 23.3. The van der Waals surface area contributed by atoms with Gasteiger partial charge in [0.2, 0.25) is 5.91 Å². The molecule has 2 aromatic rings. The standard InChI is InChI=1S/C15H16N2O6/c1-8-4-10(17-23-8)7-13(18)16-11-5-9(15(19)20)6-12(21-2)14(11)22-3/h4-6H,7H2,1-3H3,(H,16,18)(H,19,20). The van der Waals surface area contributed by atoms with Gasteiger partial charge in [-0.05, 0) is 19.1 Å². The van der Waals surface area contributed by atoms with Crippen LogP contribution >= 0.6 is 0 Å². The number of nitrogens with one attached hydrogen (secondary N) is 1. The van der Waals surface area contributed by atoms with E-state index in [1.165, 1.54) is 26.4 Å². The summed E-state index contributed by atoms with van der Waals surface area (Å²) in [5, 5.41) is 15.5. The van der Waals surface area contributed by atoms with Gasteiger partial charge in [0.15, 0.2) is 11.5 Å². The van der Waals surface area contributed by atoms with E-state index >= 15 is 0 Å². The second-order valence-corrected chi connectivity index (χ2v) is 4.72. The first-order valence-corrected chi connectivity index (χ1v) is 6.66. The van der Waals surface area contributed by atoms with Crippen LogP contribution in [0, 0.1) is 6.92 Å². The van der Waals surface area contributed by atoms with Crippen LogP contribution in [-0.2, 0) is 11.2 Å². The fraction of sp³-hybridized carbons (Fsp3) is 0.267. The van der Waals surface area contributed by atoms with Gasteiger partial charge in [0.25, 0.3) is 0 Å². The molecule has 0 saturated heterocycles. The van der Waals surface area contributed by atoms with E-state index in [2.05, 4.69) is 10.5 Å². The fourth-order valence-electron chi connectivity index (χ4n) is 2.04. The maximum atomic E-state index is 12.1. The number of aryl methyl sites for hydroxylation is 1. The van der Waals surface area contributed by atoms with Crippen LogP contribution in [0.2, 0.25) is 0 Å². The molecule has 8 nitrogen and oxygen atoms in total. The molecule has 0 aliphatic rings. The van der Waals surface area contributed by atoms with Crippen LogP contribution in [0.15, 0.2) is 22.7 Å². The lowest BCUT2D eigenvalue weighted by atomic mass is 10.1. The van der Waals surface area contributed by atoms with Gasteiger partial charge in [-0.1, -0.05) is 5.16 Å². The zero-order valence-corrected chi connectivity index (χ0v) is 12.9. The Bertz CT molecular complexity index is 738. The number of methoxy groups -OCH3 is 2. The number of amides is 1. The topological polar surface area (TPSA) is 111 Å². The van der Waals surface area contributed by atoms with Gasteiger partial charge in [0, 0.05) is 6.07 Å². The van der Waals surface area contributed by atoms with Crippen molar-refractivity contribution in [2.24, 2.45) is 0 Å². The van der Waals surface area contributed by atoms with Crippen molar-refractivity contribution in [1.82, 2.24) is 5.16 Å². The number of aromatic carboxylic acids is 1. The molecule has 0 radical (unpaired) electrons. The van der Waals surface area contributed by atoms with Gasteiger partial charge < -0.3 is 24.4 Å². The zero-order valence-electron chi connectivity index (χ0n) is 12.9. The molecule has 23 heavy (non-hydrogen) atoms. The molecule has 2 N–H and O–H groups in total. The first-order chi connectivity index (χ1) is 10.9. The highest BCUT2D eigenvalue weighted by atomic mass is 16.5. The van der Waals surface area contributed by atoms with Crippen molar-refractivity contribution in [1.29, 1.82) is 0 Å². The van der Waals surface area contributed by atoms with Crippen LogP contribution in [-0.4, -0.2) is 36.4 Å². The van der Waals surface area contributed by atoms with Crippen LogP contribution in [0.1, 0.15) is 21.8 Å². The van der Waals surface area contributed by atoms with Crippen molar-refractivity contribution in [3.63, 3.8) is 0 Å². The summed E-state index contributed by atoms with van der Waals surface area (Å²) in [6.45, 7) is 1.72. The Morgan fingerprint density at radius 2 is 2.00 bits per heavy atom. The van der Waals surface area contributed by atoms with Crippen LogP contribution < -0.4 is 14.8 Å². The van der Waals surface area contributed by atoms with Crippen LogP contribution in [0.5, 0.6) is 11.5 Å². The average Bonchev–Trinajstić information content (AvgIpc) is 2.91. The zero-order chi connectivity index (χ0) is 17.0. The molecule has 0 saturated carbocycles. The Morgan fingerprint density at radius 3 is 2.52 bits per heavy atom. The van der Waals surface area contributed by atoms with E-state index in [1.807, 2.05) is 0 Å². The van der Waals surface area contributed by atoms with Gasteiger partial charge in [-0.3, -0.25) is 4.79 Å². The number of benzene rings is 1. The lowest BCUT2D eigenvalue weighted by Crippen LogP contribution is -2.16. The molecular weight excluding hydrogens is 304 g/mol. The molecule has 8 heteroatoms. The van der Waals surface area contributed by atoms with Gasteiger partial charge in [0.05, 0.1) is 37.6 Å². The smallest absolute Gasteiger partial charge is 0.335 e. The van der Waals surface area contributed by atoms with Crippen molar-refractivity contribution in [3.8, 4) is 11.5 Å². The van der Waals surface area contributed by atoms with Gasteiger partial charge in [-0.15, -0.1) is 0 Å². The predicted octanol–water partition coefficient (Wildman–Crippen LogP) is 1.88. The summed E-state index contributed by atoms with van der Waals surface area (Å²) < 4.78 is 15.2. The minimum absolute atomic E-state index is 0.0138. The van der Waals surface area contributed by atoms with Crippen molar-refractivity contribution >= 4 is 17.6 Å². The number of carbonyl (C=O) groups excluding carboxylic acids is 1. The Morgan fingerprint density at radius 1 is 1.26 bits per heavy atom. The maximum Gasteiger partial charge on any atom is 0.335 e. The molecule has 0 fully saturated rings. The lowest BCUT2D eigenvalue weighted by Gasteiger charge is -2.14. The van der Waals surface area contributed by atoms with Crippen molar-refractivity contribution in [3.05, 3.63) is 35.2 Å².